The van der Waals surface area contributed by atoms with Gasteiger partial charge in [-0.05, 0) is 44.5 Å². The maximum absolute atomic E-state index is 12.0. The molecule has 0 bridgehead atoms. The van der Waals surface area contributed by atoms with Crippen LogP contribution in [-0.4, -0.2) is 16.9 Å². The largest absolute Gasteiger partial charge is 0.350 e. The summed E-state index contributed by atoms with van der Waals surface area (Å²) >= 11 is 0. The second-order valence-electron chi connectivity index (χ2n) is 4.90. The number of nitrogens with one attached hydrogen (secondary N) is 1. The van der Waals surface area contributed by atoms with Gasteiger partial charge in [-0.2, -0.15) is 0 Å². The molecule has 1 heterocycles. The van der Waals surface area contributed by atoms with Gasteiger partial charge in [0.25, 0.3) is 5.91 Å². The minimum absolute atomic E-state index is 0.0445. The van der Waals surface area contributed by atoms with Crippen LogP contribution >= 0.6 is 0 Å². The maximum atomic E-state index is 12.0. The Hall–Kier alpha value is -2.16. The third kappa shape index (κ3) is 3.41. The number of hydrogen-bond acceptors (Lipinski definition) is 2. The highest BCUT2D eigenvalue weighted by Crippen LogP contribution is 2.19. The number of hydrogen-bond donors (Lipinski definition) is 1. The summed E-state index contributed by atoms with van der Waals surface area (Å²) in [5, 5.41) is 2.89. The first-order valence-corrected chi connectivity index (χ1v) is 6.40. The molecule has 0 aliphatic carbocycles. The lowest BCUT2D eigenvalue weighted by molar-refractivity contribution is 0.0943. The lowest BCUT2D eigenvalue weighted by atomic mass is 10.0. The average molecular weight is 254 g/mol. The van der Waals surface area contributed by atoms with E-state index < -0.39 is 0 Å². The Kier molecular flexibility index (Phi) is 3.95. The van der Waals surface area contributed by atoms with E-state index in [0.29, 0.717) is 5.56 Å². The first kappa shape index (κ1) is 13.3. The van der Waals surface area contributed by atoms with Crippen molar-refractivity contribution < 1.29 is 4.79 Å². The van der Waals surface area contributed by atoms with Crippen molar-refractivity contribution in [1.29, 1.82) is 0 Å². The van der Waals surface area contributed by atoms with Crippen molar-refractivity contribution in [3.8, 4) is 11.1 Å². The van der Waals surface area contributed by atoms with Crippen LogP contribution in [0.3, 0.4) is 0 Å². The van der Waals surface area contributed by atoms with Crippen LogP contribution < -0.4 is 5.32 Å². The highest BCUT2D eigenvalue weighted by atomic mass is 16.1. The normalized spacial score (nSPS) is 10.5. The van der Waals surface area contributed by atoms with Crippen molar-refractivity contribution >= 4 is 5.91 Å². The molecule has 19 heavy (non-hydrogen) atoms. The molecule has 0 saturated carbocycles. The molecule has 2 aromatic rings. The third-order valence-corrected chi connectivity index (χ3v) is 2.79. The van der Waals surface area contributed by atoms with Crippen LogP contribution in [0.15, 0.2) is 42.6 Å². The summed E-state index contributed by atoms with van der Waals surface area (Å²) in [6, 6.07) is 11.7. The van der Waals surface area contributed by atoms with Gasteiger partial charge in [0, 0.05) is 29.1 Å². The summed E-state index contributed by atoms with van der Waals surface area (Å²) in [7, 11) is 0. The van der Waals surface area contributed by atoms with Gasteiger partial charge in [0.1, 0.15) is 0 Å². The molecule has 98 valence electrons. The van der Waals surface area contributed by atoms with Crippen LogP contribution in [-0.2, 0) is 0 Å². The fourth-order valence-corrected chi connectivity index (χ4v) is 1.82. The minimum atomic E-state index is -0.0445. The van der Waals surface area contributed by atoms with E-state index in [1.165, 1.54) is 0 Å². The molecule has 0 unspecified atom stereocenters. The Labute approximate surface area is 113 Å². The van der Waals surface area contributed by atoms with Gasteiger partial charge in [0.15, 0.2) is 0 Å². The van der Waals surface area contributed by atoms with E-state index in [1.807, 2.05) is 63.4 Å². The van der Waals surface area contributed by atoms with Crippen LogP contribution in [0.1, 0.15) is 29.9 Å². The van der Waals surface area contributed by atoms with Gasteiger partial charge in [-0.25, -0.2) is 0 Å². The van der Waals surface area contributed by atoms with Gasteiger partial charge in [-0.3, -0.25) is 9.78 Å². The van der Waals surface area contributed by atoms with Crippen molar-refractivity contribution in [2.45, 2.75) is 26.8 Å². The maximum Gasteiger partial charge on any atom is 0.251 e. The second kappa shape index (κ2) is 5.65. The lowest BCUT2D eigenvalue weighted by Crippen LogP contribution is -2.30. The SMILES string of the molecule is Cc1ccc(-c2cccc(C(=O)NC(C)C)c2)cn1. The summed E-state index contributed by atoms with van der Waals surface area (Å²) in [5.41, 5.74) is 3.68. The minimum Gasteiger partial charge on any atom is -0.350 e. The molecule has 0 aliphatic heterocycles. The van der Waals surface area contributed by atoms with Crippen LogP contribution in [0.2, 0.25) is 0 Å². The van der Waals surface area contributed by atoms with Crippen LogP contribution in [0.4, 0.5) is 0 Å². The molecule has 0 radical (unpaired) electrons. The van der Waals surface area contributed by atoms with E-state index in [0.717, 1.165) is 16.8 Å². The first-order valence-electron chi connectivity index (χ1n) is 6.40. The molecular formula is C16H18N2O. The van der Waals surface area contributed by atoms with Gasteiger partial charge in [0.2, 0.25) is 0 Å². The van der Waals surface area contributed by atoms with Gasteiger partial charge in [-0.1, -0.05) is 18.2 Å². The van der Waals surface area contributed by atoms with Crippen molar-refractivity contribution in [2.24, 2.45) is 0 Å². The smallest absolute Gasteiger partial charge is 0.251 e. The third-order valence-electron chi connectivity index (χ3n) is 2.79. The van der Waals surface area contributed by atoms with Crippen LogP contribution in [0.25, 0.3) is 11.1 Å². The summed E-state index contributed by atoms with van der Waals surface area (Å²) in [4.78, 5) is 16.2. The van der Waals surface area contributed by atoms with E-state index in [4.69, 9.17) is 0 Å². The second-order valence-corrected chi connectivity index (χ2v) is 4.90. The molecule has 2 rings (SSSR count). The van der Waals surface area contributed by atoms with Crippen LogP contribution in [0, 0.1) is 6.92 Å². The molecule has 1 aromatic carbocycles. The van der Waals surface area contributed by atoms with E-state index >= 15 is 0 Å². The monoisotopic (exact) mass is 254 g/mol. The van der Waals surface area contributed by atoms with Gasteiger partial charge in [-0.15, -0.1) is 0 Å². The van der Waals surface area contributed by atoms with Crippen molar-refractivity contribution in [3.63, 3.8) is 0 Å². The average Bonchev–Trinajstić information content (AvgIpc) is 2.39. The molecule has 0 atom stereocenters. The van der Waals surface area contributed by atoms with Crippen molar-refractivity contribution in [3.05, 3.63) is 53.9 Å². The summed E-state index contributed by atoms with van der Waals surface area (Å²) in [5.74, 6) is -0.0445. The Morgan fingerprint density at radius 2 is 1.95 bits per heavy atom. The van der Waals surface area contributed by atoms with E-state index in [-0.39, 0.29) is 11.9 Å². The zero-order valence-corrected chi connectivity index (χ0v) is 11.5. The molecular weight excluding hydrogens is 236 g/mol. The van der Waals surface area contributed by atoms with E-state index in [2.05, 4.69) is 10.3 Å². The quantitative estimate of drug-likeness (QED) is 0.914. The Morgan fingerprint density at radius 3 is 2.58 bits per heavy atom. The Bertz CT molecular complexity index is 574. The van der Waals surface area contributed by atoms with Gasteiger partial charge < -0.3 is 5.32 Å². The summed E-state index contributed by atoms with van der Waals surface area (Å²) < 4.78 is 0. The molecule has 1 N–H and O–H groups in total. The molecule has 1 aromatic heterocycles. The first-order chi connectivity index (χ1) is 9.06. The number of aromatic nitrogens is 1. The number of benzene rings is 1. The Morgan fingerprint density at radius 1 is 1.16 bits per heavy atom. The van der Waals surface area contributed by atoms with Crippen molar-refractivity contribution in [2.75, 3.05) is 0 Å². The molecule has 0 fully saturated rings. The van der Waals surface area contributed by atoms with Crippen LogP contribution in [0.5, 0.6) is 0 Å². The zero-order valence-electron chi connectivity index (χ0n) is 11.5. The molecule has 0 spiro atoms. The highest BCUT2D eigenvalue weighted by Gasteiger charge is 2.08. The van der Waals surface area contributed by atoms with Crippen molar-refractivity contribution in [1.82, 2.24) is 10.3 Å². The standard InChI is InChI=1S/C16H18N2O/c1-11(2)18-16(19)14-6-4-5-13(9-14)15-8-7-12(3)17-10-15/h4-11H,1-3H3,(H,18,19). The number of aryl methyl sites for hydroxylation is 1. The number of carbonyl (C=O) groups excluding carboxylic acids is 1. The number of rotatable bonds is 3. The number of nitrogens with zero attached hydrogens (tertiary/aromatic N) is 1. The predicted octanol–water partition coefficient (Wildman–Crippen LogP) is 3.20. The summed E-state index contributed by atoms with van der Waals surface area (Å²) in [6.45, 7) is 5.85. The fraction of sp³-hybridized carbons (Fsp3) is 0.250. The van der Waals surface area contributed by atoms with E-state index in [1.54, 1.807) is 0 Å². The molecule has 3 nitrogen and oxygen atoms in total. The summed E-state index contributed by atoms with van der Waals surface area (Å²) in [6.07, 6.45) is 1.83. The lowest BCUT2D eigenvalue weighted by Gasteiger charge is -2.09. The van der Waals surface area contributed by atoms with E-state index in [9.17, 15) is 4.79 Å². The van der Waals surface area contributed by atoms with Gasteiger partial charge in [0.05, 0.1) is 0 Å². The van der Waals surface area contributed by atoms with Gasteiger partial charge >= 0.3 is 0 Å². The topological polar surface area (TPSA) is 42.0 Å². The number of carbonyl (C=O) groups is 1. The number of amides is 1. The predicted molar refractivity (Wildman–Crippen MR) is 77.0 cm³/mol. The molecule has 0 saturated heterocycles. The molecule has 3 heteroatoms. The molecule has 0 aliphatic rings. The fourth-order valence-electron chi connectivity index (χ4n) is 1.82. The highest BCUT2D eigenvalue weighted by molar-refractivity contribution is 5.95. The molecule has 1 amide bonds. The number of pyridine rings is 1. The zero-order chi connectivity index (χ0) is 13.8. The Balaban J connectivity index is 2.29.